The lowest BCUT2D eigenvalue weighted by Gasteiger charge is -2.20. The van der Waals surface area contributed by atoms with Crippen molar-refractivity contribution in [2.45, 2.75) is 20.4 Å². The second kappa shape index (κ2) is 5.70. The molecule has 126 valence electrons. The molecule has 0 spiro atoms. The average molecular weight is 345 g/mol. The van der Waals surface area contributed by atoms with Crippen LogP contribution in [0.1, 0.15) is 26.9 Å². The third-order valence-electron chi connectivity index (χ3n) is 4.76. The van der Waals surface area contributed by atoms with E-state index in [0.717, 1.165) is 16.4 Å². The molecule has 0 unspecified atom stereocenters. The van der Waals surface area contributed by atoms with E-state index in [2.05, 4.69) is 15.2 Å². The van der Waals surface area contributed by atoms with Gasteiger partial charge in [0.05, 0.1) is 23.2 Å². The summed E-state index contributed by atoms with van der Waals surface area (Å²) in [6.45, 7) is 6.21. The van der Waals surface area contributed by atoms with Gasteiger partial charge in [0.15, 0.2) is 0 Å². The van der Waals surface area contributed by atoms with Gasteiger partial charge in [-0.1, -0.05) is 0 Å². The van der Waals surface area contributed by atoms with E-state index in [1.165, 1.54) is 0 Å². The minimum Gasteiger partial charge on any atom is -0.336 e. The average Bonchev–Trinajstić information content (AvgIpc) is 3.29. The number of carbonyl (C=O) groups excluding carboxylic acids is 2. The maximum atomic E-state index is 12.6. The van der Waals surface area contributed by atoms with Crippen molar-refractivity contribution >= 4 is 23.2 Å². The summed E-state index contributed by atoms with van der Waals surface area (Å²) in [5.41, 5.74) is 2.24. The summed E-state index contributed by atoms with van der Waals surface area (Å²) < 4.78 is 0. The van der Waals surface area contributed by atoms with Crippen LogP contribution < -0.4 is 0 Å². The minimum atomic E-state index is -0.0942. The summed E-state index contributed by atoms with van der Waals surface area (Å²) in [4.78, 5) is 33.2. The number of likely N-dealkylation sites (tertiary alicyclic amines) is 2. The number of nitrogens with one attached hydrogen (secondary N) is 1. The molecule has 0 aliphatic carbocycles. The van der Waals surface area contributed by atoms with Crippen LogP contribution in [-0.2, 0) is 11.3 Å². The highest BCUT2D eigenvalue weighted by Gasteiger charge is 2.47. The number of thiazole rings is 1. The van der Waals surface area contributed by atoms with Crippen molar-refractivity contribution in [1.82, 2.24) is 25.0 Å². The Labute approximate surface area is 143 Å². The van der Waals surface area contributed by atoms with Gasteiger partial charge in [0.1, 0.15) is 5.69 Å². The highest BCUT2D eigenvalue weighted by molar-refractivity contribution is 7.09. The molecule has 24 heavy (non-hydrogen) atoms. The first-order valence-electron chi connectivity index (χ1n) is 8.02. The quantitative estimate of drug-likeness (QED) is 0.907. The Hall–Kier alpha value is -2.22. The van der Waals surface area contributed by atoms with Crippen LogP contribution in [0.5, 0.6) is 0 Å². The van der Waals surface area contributed by atoms with Gasteiger partial charge in [0, 0.05) is 36.6 Å². The Morgan fingerprint density at radius 2 is 2.21 bits per heavy atom. The molecule has 1 N–H and O–H groups in total. The van der Waals surface area contributed by atoms with Gasteiger partial charge in [-0.3, -0.25) is 14.7 Å². The summed E-state index contributed by atoms with van der Waals surface area (Å²) in [7, 11) is 0. The molecule has 0 bridgehead atoms. The van der Waals surface area contributed by atoms with Crippen LogP contribution in [-0.4, -0.2) is 56.4 Å². The highest BCUT2D eigenvalue weighted by Crippen LogP contribution is 2.33. The lowest BCUT2D eigenvalue weighted by molar-refractivity contribution is -0.131. The number of carbonyl (C=O) groups is 2. The number of aromatic amines is 1. The Morgan fingerprint density at radius 1 is 1.38 bits per heavy atom. The fourth-order valence-corrected chi connectivity index (χ4v) is 4.22. The summed E-state index contributed by atoms with van der Waals surface area (Å²) in [6.07, 6.45) is 0. The maximum absolute atomic E-state index is 12.6. The first-order chi connectivity index (χ1) is 11.5. The van der Waals surface area contributed by atoms with Crippen LogP contribution in [0.2, 0.25) is 0 Å². The van der Waals surface area contributed by atoms with E-state index in [0.29, 0.717) is 31.9 Å². The lowest BCUT2D eigenvalue weighted by Crippen LogP contribution is -2.35. The van der Waals surface area contributed by atoms with E-state index in [-0.39, 0.29) is 23.7 Å². The number of hydrogen-bond donors (Lipinski definition) is 1. The van der Waals surface area contributed by atoms with Crippen LogP contribution in [0.25, 0.3) is 0 Å². The Balaban J connectivity index is 1.41. The van der Waals surface area contributed by atoms with Gasteiger partial charge in [-0.05, 0) is 19.9 Å². The van der Waals surface area contributed by atoms with Crippen molar-refractivity contribution in [3.05, 3.63) is 33.5 Å². The number of aryl methyl sites for hydroxylation is 2. The SMILES string of the molecule is Cc1cc(C(=O)N2C[C@H]3CN(Cc4csc(C)n4)C(=O)[C@H]3C2)n[nH]1. The minimum absolute atomic E-state index is 0.0891. The van der Waals surface area contributed by atoms with Crippen molar-refractivity contribution < 1.29 is 9.59 Å². The van der Waals surface area contributed by atoms with Gasteiger partial charge in [-0.2, -0.15) is 5.10 Å². The molecule has 2 fully saturated rings. The monoisotopic (exact) mass is 345 g/mol. The number of aromatic nitrogens is 3. The second-order valence-electron chi connectivity index (χ2n) is 6.59. The van der Waals surface area contributed by atoms with Gasteiger partial charge >= 0.3 is 0 Å². The zero-order valence-electron chi connectivity index (χ0n) is 13.7. The molecule has 2 amide bonds. The summed E-state index contributed by atoms with van der Waals surface area (Å²) in [6, 6.07) is 1.75. The Morgan fingerprint density at radius 3 is 2.83 bits per heavy atom. The number of fused-ring (bicyclic) bond motifs is 1. The van der Waals surface area contributed by atoms with Crippen LogP contribution in [0.4, 0.5) is 0 Å². The number of H-pyrrole nitrogens is 1. The molecule has 2 aromatic rings. The molecule has 2 aliphatic rings. The van der Waals surface area contributed by atoms with Gasteiger partial charge < -0.3 is 9.80 Å². The molecule has 4 rings (SSSR count). The molecule has 7 nitrogen and oxygen atoms in total. The third-order valence-corrected chi connectivity index (χ3v) is 5.58. The van der Waals surface area contributed by atoms with Gasteiger partial charge in [-0.15, -0.1) is 11.3 Å². The maximum Gasteiger partial charge on any atom is 0.274 e. The standard InChI is InChI=1S/C16H19N5O2S/c1-9-3-14(19-18-9)16(23)21-5-11-4-20(15(22)13(11)7-21)6-12-8-24-10(2)17-12/h3,8,11,13H,4-7H2,1-2H3,(H,18,19)/t11-,13+/m1/s1. The van der Waals surface area contributed by atoms with Crippen molar-refractivity contribution in [2.75, 3.05) is 19.6 Å². The number of nitrogens with zero attached hydrogens (tertiary/aromatic N) is 4. The van der Waals surface area contributed by atoms with Gasteiger partial charge in [-0.25, -0.2) is 4.98 Å². The van der Waals surface area contributed by atoms with Crippen molar-refractivity contribution in [1.29, 1.82) is 0 Å². The van der Waals surface area contributed by atoms with Gasteiger partial charge in [0.2, 0.25) is 5.91 Å². The molecular formula is C16H19N5O2S. The van der Waals surface area contributed by atoms with Crippen LogP contribution >= 0.6 is 11.3 Å². The predicted octanol–water partition coefficient (Wildman–Crippen LogP) is 1.21. The summed E-state index contributed by atoms with van der Waals surface area (Å²) in [5.74, 6) is 0.164. The fourth-order valence-electron chi connectivity index (χ4n) is 3.62. The Kier molecular flexibility index (Phi) is 3.64. The molecule has 8 heteroatoms. The fraction of sp³-hybridized carbons (Fsp3) is 0.500. The molecule has 2 aliphatic heterocycles. The first kappa shape index (κ1) is 15.3. The third kappa shape index (κ3) is 2.60. The first-order valence-corrected chi connectivity index (χ1v) is 8.90. The van der Waals surface area contributed by atoms with Crippen molar-refractivity contribution in [3.63, 3.8) is 0 Å². The summed E-state index contributed by atoms with van der Waals surface area (Å²) in [5, 5.41) is 9.84. The summed E-state index contributed by atoms with van der Waals surface area (Å²) >= 11 is 1.60. The van der Waals surface area contributed by atoms with E-state index < -0.39 is 0 Å². The highest BCUT2D eigenvalue weighted by atomic mass is 32.1. The van der Waals surface area contributed by atoms with Crippen LogP contribution in [0.15, 0.2) is 11.4 Å². The zero-order valence-corrected chi connectivity index (χ0v) is 14.5. The van der Waals surface area contributed by atoms with E-state index in [1.54, 1.807) is 22.3 Å². The van der Waals surface area contributed by atoms with E-state index in [9.17, 15) is 9.59 Å². The Bertz CT molecular complexity index is 798. The van der Waals surface area contributed by atoms with Crippen LogP contribution in [0, 0.1) is 25.7 Å². The van der Waals surface area contributed by atoms with E-state index in [1.807, 2.05) is 24.1 Å². The molecule has 2 saturated heterocycles. The molecule has 0 radical (unpaired) electrons. The number of rotatable bonds is 3. The van der Waals surface area contributed by atoms with Crippen molar-refractivity contribution in [2.24, 2.45) is 11.8 Å². The van der Waals surface area contributed by atoms with Gasteiger partial charge in [0.25, 0.3) is 5.91 Å². The molecule has 2 aromatic heterocycles. The van der Waals surface area contributed by atoms with Crippen molar-refractivity contribution in [3.8, 4) is 0 Å². The van der Waals surface area contributed by atoms with E-state index in [4.69, 9.17) is 0 Å². The predicted molar refractivity (Wildman–Crippen MR) is 88.5 cm³/mol. The van der Waals surface area contributed by atoms with Crippen LogP contribution in [0.3, 0.4) is 0 Å². The molecule has 0 saturated carbocycles. The molecule has 4 heterocycles. The smallest absolute Gasteiger partial charge is 0.274 e. The zero-order chi connectivity index (χ0) is 16.8. The second-order valence-corrected chi connectivity index (χ2v) is 7.65. The molecule has 0 aromatic carbocycles. The van der Waals surface area contributed by atoms with E-state index >= 15 is 0 Å². The largest absolute Gasteiger partial charge is 0.336 e. The topological polar surface area (TPSA) is 82.2 Å². The normalized spacial score (nSPS) is 23.2. The number of hydrogen-bond acceptors (Lipinski definition) is 5. The lowest BCUT2D eigenvalue weighted by atomic mass is 10.0. The molecular weight excluding hydrogens is 326 g/mol. The number of amides is 2. The molecule has 2 atom stereocenters.